The lowest BCUT2D eigenvalue weighted by molar-refractivity contribution is -0.122. The third-order valence-electron chi connectivity index (χ3n) is 3.73. The van der Waals surface area contributed by atoms with E-state index in [1.165, 1.54) is 12.1 Å². The van der Waals surface area contributed by atoms with Crippen LogP contribution in [-0.2, 0) is 9.59 Å². The first-order valence-electron chi connectivity index (χ1n) is 8.00. The Morgan fingerprint density at radius 2 is 1.89 bits per heavy atom. The third kappa shape index (κ3) is 3.97. The van der Waals surface area contributed by atoms with Crippen LogP contribution in [0.2, 0.25) is 10.0 Å². The maximum atomic E-state index is 12.8. The predicted molar refractivity (Wildman–Crippen MR) is 103 cm³/mol. The van der Waals surface area contributed by atoms with Gasteiger partial charge in [-0.1, -0.05) is 35.3 Å². The van der Waals surface area contributed by atoms with Crippen molar-refractivity contribution < 1.29 is 19.1 Å². The first-order valence-corrected chi connectivity index (χ1v) is 8.75. The van der Waals surface area contributed by atoms with Gasteiger partial charge in [-0.05, 0) is 48.9 Å². The van der Waals surface area contributed by atoms with Crippen LogP contribution in [0.1, 0.15) is 12.5 Å². The standard InChI is InChI=1S/C19H14Cl2N2O4/c1-2-27-16-7-6-11(9-15(16)21)8-14-17(24)22-19(26)23(18(14)25)13-5-3-4-12(20)10-13/h3-10H,2H2,1H3,(H,22,24,26)/b14-8+. The fourth-order valence-corrected chi connectivity index (χ4v) is 2.98. The highest BCUT2D eigenvalue weighted by Gasteiger charge is 2.36. The number of barbiturate groups is 1. The van der Waals surface area contributed by atoms with Crippen LogP contribution >= 0.6 is 23.2 Å². The number of halogens is 2. The fraction of sp³-hybridized carbons (Fsp3) is 0.105. The van der Waals surface area contributed by atoms with E-state index >= 15 is 0 Å². The van der Waals surface area contributed by atoms with Gasteiger partial charge in [0.2, 0.25) is 0 Å². The second kappa shape index (κ2) is 7.82. The molecular formula is C19H14Cl2N2O4. The number of benzene rings is 2. The topological polar surface area (TPSA) is 75.7 Å². The maximum absolute atomic E-state index is 12.8. The first kappa shape index (κ1) is 18.9. The zero-order valence-electron chi connectivity index (χ0n) is 14.2. The lowest BCUT2D eigenvalue weighted by Gasteiger charge is -2.26. The summed E-state index contributed by atoms with van der Waals surface area (Å²) in [5, 5.41) is 2.85. The number of anilines is 1. The Labute approximate surface area is 165 Å². The van der Waals surface area contributed by atoms with Crippen molar-refractivity contribution >= 4 is 52.8 Å². The van der Waals surface area contributed by atoms with Gasteiger partial charge in [-0.3, -0.25) is 14.9 Å². The molecule has 0 saturated carbocycles. The minimum atomic E-state index is -0.839. The summed E-state index contributed by atoms with van der Waals surface area (Å²) < 4.78 is 5.36. The quantitative estimate of drug-likeness (QED) is 0.615. The molecule has 1 fully saturated rings. The molecule has 0 atom stereocenters. The van der Waals surface area contributed by atoms with Crippen molar-refractivity contribution in [3.63, 3.8) is 0 Å². The zero-order valence-corrected chi connectivity index (χ0v) is 15.7. The molecule has 0 unspecified atom stereocenters. The number of rotatable bonds is 4. The van der Waals surface area contributed by atoms with Gasteiger partial charge in [0.05, 0.1) is 17.3 Å². The van der Waals surface area contributed by atoms with Gasteiger partial charge >= 0.3 is 6.03 Å². The van der Waals surface area contributed by atoms with Crippen molar-refractivity contribution in [3.05, 3.63) is 63.6 Å². The molecule has 0 aliphatic carbocycles. The molecule has 27 heavy (non-hydrogen) atoms. The van der Waals surface area contributed by atoms with Gasteiger partial charge in [0, 0.05) is 5.02 Å². The molecule has 4 amide bonds. The predicted octanol–water partition coefficient (Wildman–Crippen LogP) is 4.06. The average molecular weight is 405 g/mol. The number of hydrogen-bond acceptors (Lipinski definition) is 4. The van der Waals surface area contributed by atoms with Crippen LogP contribution in [0.25, 0.3) is 6.08 Å². The summed E-state index contributed by atoms with van der Waals surface area (Å²) in [6, 6.07) is 10.2. The van der Waals surface area contributed by atoms with E-state index in [2.05, 4.69) is 5.32 Å². The monoisotopic (exact) mass is 404 g/mol. The summed E-state index contributed by atoms with van der Waals surface area (Å²) in [6.07, 6.45) is 1.36. The molecule has 8 heteroatoms. The number of ether oxygens (including phenoxy) is 1. The number of carbonyl (C=O) groups excluding carboxylic acids is 3. The van der Waals surface area contributed by atoms with E-state index in [-0.39, 0.29) is 11.3 Å². The van der Waals surface area contributed by atoms with Gasteiger partial charge < -0.3 is 4.74 Å². The lowest BCUT2D eigenvalue weighted by atomic mass is 10.1. The van der Waals surface area contributed by atoms with E-state index in [9.17, 15) is 14.4 Å². The molecule has 0 bridgehead atoms. The Hall–Kier alpha value is -2.83. The van der Waals surface area contributed by atoms with Gasteiger partial charge in [0.1, 0.15) is 11.3 Å². The Morgan fingerprint density at radius 3 is 2.56 bits per heavy atom. The number of carbonyl (C=O) groups is 3. The second-order valence-electron chi connectivity index (χ2n) is 5.56. The Morgan fingerprint density at radius 1 is 1.11 bits per heavy atom. The number of nitrogens with one attached hydrogen (secondary N) is 1. The SMILES string of the molecule is CCOc1ccc(/C=C2\C(=O)NC(=O)N(c3cccc(Cl)c3)C2=O)cc1Cl. The fourth-order valence-electron chi connectivity index (χ4n) is 2.55. The molecule has 1 N–H and O–H groups in total. The Balaban J connectivity index is 1.98. The second-order valence-corrected chi connectivity index (χ2v) is 6.40. The molecular weight excluding hydrogens is 391 g/mol. The molecule has 0 radical (unpaired) electrons. The smallest absolute Gasteiger partial charge is 0.335 e. The average Bonchev–Trinajstić information content (AvgIpc) is 2.61. The number of urea groups is 1. The molecule has 1 saturated heterocycles. The lowest BCUT2D eigenvalue weighted by Crippen LogP contribution is -2.54. The summed E-state index contributed by atoms with van der Waals surface area (Å²) >= 11 is 12.1. The van der Waals surface area contributed by atoms with Crippen LogP contribution in [0, 0.1) is 0 Å². The normalized spacial score (nSPS) is 15.9. The highest BCUT2D eigenvalue weighted by molar-refractivity contribution is 6.39. The van der Waals surface area contributed by atoms with Crippen molar-refractivity contribution in [2.75, 3.05) is 11.5 Å². The minimum absolute atomic E-state index is 0.199. The number of nitrogens with zero attached hydrogens (tertiary/aromatic N) is 1. The summed E-state index contributed by atoms with van der Waals surface area (Å²) in [7, 11) is 0. The Bertz CT molecular complexity index is 972. The van der Waals surface area contributed by atoms with Crippen molar-refractivity contribution in [2.45, 2.75) is 6.92 Å². The van der Waals surface area contributed by atoms with Gasteiger partial charge in [0.25, 0.3) is 11.8 Å². The Kier molecular flexibility index (Phi) is 5.48. The van der Waals surface area contributed by atoms with Gasteiger partial charge in [-0.2, -0.15) is 0 Å². The van der Waals surface area contributed by atoms with Gasteiger partial charge in [0.15, 0.2) is 0 Å². The van der Waals surface area contributed by atoms with Crippen molar-refractivity contribution in [1.82, 2.24) is 5.32 Å². The van der Waals surface area contributed by atoms with E-state index in [1.807, 2.05) is 6.92 Å². The van der Waals surface area contributed by atoms with E-state index < -0.39 is 17.8 Å². The molecule has 0 aromatic heterocycles. The molecule has 2 aromatic carbocycles. The molecule has 0 spiro atoms. The molecule has 3 rings (SSSR count). The minimum Gasteiger partial charge on any atom is -0.492 e. The van der Waals surface area contributed by atoms with Crippen LogP contribution in [0.5, 0.6) is 5.75 Å². The van der Waals surface area contributed by atoms with Crippen LogP contribution in [0.3, 0.4) is 0 Å². The summed E-state index contributed by atoms with van der Waals surface area (Å²) in [5.74, 6) is -1.04. The number of amides is 4. The molecule has 6 nitrogen and oxygen atoms in total. The molecule has 1 heterocycles. The van der Waals surface area contributed by atoms with E-state index in [4.69, 9.17) is 27.9 Å². The van der Waals surface area contributed by atoms with Crippen LogP contribution in [0.15, 0.2) is 48.0 Å². The molecule has 1 aliphatic rings. The van der Waals surface area contributed by atoms with E-state index in [0.29, 0.717) is 28.0 Å². The van der Waals surface area contributed by atoms with Crippen molar-refractivity contribution in [1.29, 1.82) is 0 Å². The zero-order chi connectivity index (χ0) is 19.6. The summed E-state index contributed by atoms with van der Waals surface area (Å²) in [6.45, 7) is 2.29. The van der Waals surface area contributed by atoms with Crippen LogP contribution in [-0.4, -0.2) is 24.5 Å². The highest BCUT2D eigenvalue weighted by Crippen LogP contribution is 2.28. The highest BCUT2D eigenvalue weighted by atomic mass is 35.5. The van der Waals surface area contributed by atoms with E-state index in [1.54, 1.807) is 36.4 Å². The molecule has 1 aliphatic heterocycles. The maximum Gasteiger partial charge on any atom is 0.335 e. The third-order valence-corrected chi connectivity index (χ3v) is 4.27. The number of imide groups is 2. The largest absolute Gasteiger partial charge is 0.492 e. The van der Waals surface area contributed by atoms with Gasteiger partial charge in [-0.15, -0.1) is 0 Å². The first-order chi connectivity index (χ1) is 12.9. The van der Waals surface area contributed by atoms with Crippen LogP contribution in [0.4, 0.5) is 10.5 Å². The van der Waals surface area contributed by atoms with Crippen molar-refractivity contribution in [2.24, 2.45) is 0 Å². The molecule has 138 valence electrons. The summed E-state index contributed by atoms with van der Waals surface area (Å²) in [4.78, 5) is 38.0. The van der Waals surface area contributed by atoms with E-state index in [0.717, 1.165) is 4.90 Å². The van der Waals surface area contributed by atoms with Crippen molar-refractivity contribution in [3.8, 4) is 5.75 Å². The van der Waals surface area contributed by atoms with Gasteiger partial charge in [-0.25, -0.2) is 9.69 Å². The number of hydrogen-bond donors (Lipinski definition) is 1. The van der Waals surface area contributed by atoms with Crippen LogP contribution < -0.4 is 15.0 Å². The molecule has 2 aromatic rings. The summed E-state index contributed by atoms with van der Waals surface area (Å²) in [5.41, 5.74) is 0.574.